The van der Waals surface area contributed by atoms with Crippen LogP contribution in [-0.4, -0.2) is 4.21 Å². The number of rotatable bonds is 3. The van der Waals surface area contributed by atoms with Gasteiger partial charge in [-0.1, -0.05) is 17.7 Å². The summed E-state index contributed by atoms with van der Waals surface area (Å²) in [6.45, 7) is 1.90. The first kappa shape index (κ1) is 14.6. The second-order valence-electron chi connectivity index (χ2n) is 4.43. The Balaban J connectivity index is 2.28. The Morgan fingerprint density at radius 3 is 2.70 bits per heavy atom. The summed E-state index contributed by atoms with van der Waals surface area (Å²) in [7, 11) is -1.27. The third-order valence-corrected chi connectivity index (χ3v) is 4.80. The molecule has 0 bridgehead atoms. The van der Waals surface area contributed by atoms with Gasteiger partial charge in [-0.15, -0.1) is 0 Å². The van der Waals surface area contributed by atoms with Crippen LogP contribution in [0.3, 0.4) is 0 Å². The van der Waals surface area contributed by atoms with Gasteiger partial charge in [0.15, 0.2) is 0 Å². The molecule has 0 amide bonds. The molecule has 0 saturated heterocycles. The van der Waals surface area contributed by atoms with Gasteiger partial charge in [-0.25, -0.2) is 0 Å². The van der Waals surface area contributed by atoms with Crippen LogP contribution in [0.4, 0.5) is 5.69 Å². The predicted octanol–water partition coefficient (Wildman–Crippen LogP) is 3.41. The van der Waals surface area contributed by atoms with Crippen molar-refractivity contribution in [3.8, 4) is 6.07 Å². The van der Waals surface area contributed by atoms with E-state index in [9.17, 15) is 4.21 Å². The molecule has 0 aliphatic carbocycles. The fourth-order valence-electron chi connectivity index (χ4n) is 1.84. The molecule has 2 aromatic carbocycles. The van der Waals surface area contributed by atoms with E-state index in [0.29, 0.717) is 26.9 Å². The highest BCUT2D eigenvalue weighted by atomic mass is 35.5. The highest BCUT2D eigenvalue weighted by Crippen LogP contribution is 2.25. The molecule has 0 aromatic heterocycles. The van der Waals surface area contributed by atoms with Crippen molar-refractivity contribution in [2.24, 2.45) is 0 Å². The molecule has 1 unspecified atom stereocenters. The predicted molar refractivity (Wildman–Crippen MR) is 81.9 cm³/mol. The van der Waals surface area contributed by atoms with Gasteiger partial charge in [-0.2, -0.15) is 5.26 Å². The molecule has 1 atom stereocenters. The second-order valence-corrected chi connectivity index (χ2v) is 6.26. The molecular formula is C15H13ClN2OS. The van der Waals surface area contributed by atoms with Gasteiger partial charge in [0, 0.05) is 5.69 Å². The van der Waals surface area contributed by atoms with E-state index in [1.807, 2.05) is 13.0 Å². The van der Waals surface area contributed by atoms with Gasteiger partial charge in [0.1, 0.15) is 0 Å². The van der Waals surface area contributed by atoms with Gasteiger partial charge in [-0.3, -0.25) is 4.21 Å². The molecule has 2 rings (SSSR count). The van der Waals surface area contributed by atoms with Crippen LogP contribution in [0.5, 0.6) is 0 Å². The van der Waals surface area contributed by atoms with E-state index in [-0.39, 0.29) is 0 Å². The number of hydrogen-bond donors (Lipinski definition) is 1. The number of nitrogen functional groups attached to an aromatic ring is 1. The van der Waals surface area contributed by atoms with E-state index in [4.69, 9.17) is 22.6 Å². The Bertz CT molecular complexity index is 722. The SMILES string of the molecule is Cc1cc(C#N)ccc1CS(=O)c1cc(N)ccc1Cl. The minimum absolute atomic E-state index is 0.348. The van der Waals surface area contributed by atoms with Crippen LogP contribution >= 0.6 is 11.6 Å². The molecule has 0 fully saturated rings. The Labute approximate surface area is 125 Å². The summed E-state index contributed by atoms with van der Waals surface area (Å²) in [4.78, 5) is 0.537. The maximum Gasteiger partial charge on any atom is 0.0991 e. The van der Waals surface area contributed by atoms with Crippen molar-refractivity contribution in [2.45, 2.75) is 17.6 Å². The van der Waals surface area contributed by atoms with Crippen molar-refractivity contribution in [2.75, 3.05) is 5.73 Å². The lowest BCUT2D eigenvalue weighted by Gasteiger charge is -2.08. The standard InChI is InChI=1S/C15H13ClN2OS/c1-10-6-11(8-17)2-3-12(10)9-20(19)15-7-13(18)4-5-14(15)16/h2-7H,9,18H2,1H3. The lowest BCUT2D eigenvalue weighted by molar-refractivity contribution is 0.682. The Morgan fingerprint density at radius 1 is 1.30 bits per heavy atom. The van der Waals surface area contributed by atoms with Gasteiger partial charge in [0.25, 0.3) is 0 Å². The zero-order valence-corrected chi connectivity index (χ0v) is 12.5. The average molecular weight is 305 g/mol. The van der Waals surface area contributed by atoms with Crippen LogP contribution in [0, 0.1) is 18.3 Å². The molecule has 0 radical (unpaired) electrons. The molecule has 0 heterocycles. The normalized spacial score (nSPS) is 11.8. The van der Waals surface area contributed by atoms with E-state index >= 15 is 0 Å². The monoisotopic (exact) mass is 304 g/mol. The first-order chi connectivity index (χ1) is 9.51. The number of benzene rings is 2. The lowest BCUT2D eigenvalue weighted by Crippen LogP contribution is -2.00. The van der Waals surface area contributed by atoms with Crippen LogP contribution in [0.15, 0.2) is 41.3 Å². The summed E-state index contributed by atoms with van der Waals surface area (Å²) in [6, 6.07) is 12.4. The second kappa shape index (κ2) is 6.08. The highest BCUT2D eigenvalue weighted by molar-refractivity contribution is 7.84. The van der Waals surface area contributed by atoms with Gasteiger partial charge in [-0.05, 0) is 48.4 Å². The lowest BCUT2D eigenvalue weighted by atomic mass is 10.1. The fourth-order valence-corrected chi connectivity index (χ4v) is 3.53. The van der Waals surface area contributed by atoms with Crippen molar-refractivity contribution in [1.29, 1.82) is 5.26 Å². The van der Waals surface area contributed by atoms with Crippen LogP contribution < -0.4 is 5.73 Å². The minimum atomic E-state index is -1.27. The number of nitriles is 1. The first-order valence-corrected chi connectivity index (χ1v) is 7.64. The van der Waals surface area contributed by atoms with Gasteiger partial charge >= 0.3 is 0 Å². The van der Waals surface area contributed by atoms with Crippen LogP contribution in [0.2, 0.25) is 5.02 Å². The summed E-state index contributed by atoms with van der Waals surface area (Å²) in [5.74, 6) is 0.348. The molecule has 20 heavy (non-hydrogen) atoms. The van der Waals surface area contributed by atoms with Crippen LogP contribution in [-0.2, 0) is 16.6 Å². The molecule has 102 valence electrons. The number of hydrogen-bond acceptors (Lipinski definition) is 3. The molecule has 0 saturated carbocycles. The molecular weight excluding hydrogens is 292 g/mol. The highest BCUT2D eigenvalue weighted by Gasteiger charge is 2.11. The third-order valence-electron chi connectivity index (χ3n) is 2.96. The van der Waals surface area contributed by atoms with Crippen LogP contribution in [0.1, 0.15) is 16.7 Å². The number of aryl methyl sites for hydroxylation is 1. The summed E-state index contributed by atoms with van der Waals surface area (Å²) in [5.41, 5.74) is 8.70. The van der Waals surface area contributed by atoms with Crippen molar-refractivity contribution in [1.82, 2.24) is 0 Å². The number of nitrogens with two attached hydrogens (primary N) is 1. The summed E-state index contributed by atoms with van der Waals surface area (Å²) in [5, 5.41) is 9.29. The third kappa shape index (κ3) is 3.19. The molecule has 0 aliphatic heterocycles. The number of anilines is 1. The molecule has 5 heteroatoms. The Kier molecular flexibility index (Phi) is 4.43. The van der Waals surface area contributed by atoms with Crippen molar-refractivity contribution in [3.63, 3.8) is 0 Å². The molecule has 2 aromatic rings. The minimum Gasteiger partial charge on any atom is -0.399 e. The van der Waals surface area contributed by atoms with E-state index in [1.54, 1.807) is 30.3 Å². The molecule has 0 aliphatic rings. The molecule has 0 spiro atoms. The van der Waals surface area contributed by atoms with Crippen LogP contribution in [0.25, 0.3) is 0 Å². The summed E-state index contributed by atoms with van der Waals surface area (Å²) < 4.78 is 12.4. The van der Waals surface area contributed by atoms with E-state index in [2.05, 4.69) is 6.07 Å². The zero-order valence-electron chi connectivity index (χ0n) is 10.9. The summed E-state index contributed by atoms with van der Waals surface area (Å²) in [6.07, 6.45) is 0. The maximum atomic E-state index is 12.4. The molecule has 3 nitrogen and oxygen atoms in total. The molecule has 2 N–H and O–H groups in total. The zero-order chi connectivity index (χ0) is 14.7. The van der Waals surface area contributed by atoms with E-state index in [0.717, 1.165) is 11.1 Å². The van der Waals surface area contributed by atoms with Gasteiger partial charge in [0.2, 0.25) is 0 Å². The quantitative estimate of drug-likeness (QED) is 0.884. The maximum absolute atomic E-state index is 12.4. The van der Waals surface area contributed by atoms with Crippen molar-refractivity contribution >= 4 is 28.1 Å². The average Bonchev–Trinajstić information content (AvgIpc) is 2.43. The summed E-state index contributed by atoms with van der Waals surface area (Å²) >= 11 is 6.05. The smallest absolute Gasteiger partial charge is 0.0991 e. The van der Waals surface area contributed by atoms with E-state index < -0.39 is 10.8 Å². The van der Waals surface area contributed by atoms with Gasteiger partial charge < -0.3 is 5.73 Å². The van der Waals surface area contributed by atoms with Gasteiger partial charge in [0.05, 0.1) is 38.1 Å². The number of nitrogens with zero attached hydrogens (tertiary/aromatic N) is 1. The fraction of sp³-hybridized carbons (Fsp3) is 0.133. The Morgan fingerprint density at radius 2 is 2.05 bits per heavy atom. The van der Waals surface area contributed by atoms with E-state index in [1.165, 1.54) is 0 Å². The number of halogens is 1. The van der Waals surface area contributed by atoms with Crippen molar-refractivity contribution in [3.05, 3.63) is 58.1 Å². The largest absolute Gasteiger partial charge is 0.399 e. The first-order valence-electron chi connectivity index (χ1n) is 5.94. The van der Waals surface area contributed by atoms with Crippen molar-refractivity contribution < 1.29 is 4.21 Å². The topological polar surface area (TPSA) is 66.9 Å². The Hall–Kier alpha value is -1.83.